The zero-order chi connectivity index (χ0) is 13.9. The summed E-state index contributed by atoms with van der Waals surface area (Å²) in [7, 11) is 0. The van der Waals surface area contributed by atoms with E-state index >= 15 is 0 Å². The Kier molecular flexibility index (Phi) is 4.42. The molecule has 19 heavy (non-hydrogen) atoms. The molecule has 2 fully saturated rings. The topological polar surface area (TPSA) is 70.7 Å². The van der Waals surface area contributed by atoms with Crippen molar-refractivity contribution in [2.24, 2.45) is 0 Å². The van der Waals surface area contributed by atoms with E-state index in [9.17, 15) is 9.59 Å². The van der Waals surface area contributed by atoms with Crippen LogP contribution in [0.3, 0.4) is 0 Å². The smallest absolute Gasteiger partial charge is 0.246 e. The molecule has 108 valence electrons. The first-order chi connectivity index (χ1) is 9.00. The lowest BCUT2D eigenvalue weighted by molar-refractivity contribution is -0.141. The van der Waals surface area contributed by atoms with E-state index in [-0.39, 0.29) is 24.0 Å². The van der Waals surface area contributed by atoms with E-state index in [0.29, 0.717) is 0 Å². The molecule has 2 N–H and O–H groups in total. The van der Waals surface area contributed by atoms with Crippen molar-refractivity contribution in [3.63, 3.8) is 0 Å². The van der Waals surface area contributed by atoms with E-state index in [1.807, 2.05) is 11.8 Å². The number of carbonyl (C=O) groups excluding carboxylic acids is 2. The molecule has 6 heteroatoms. The Balaban J connectivity index is 1.70. The molecule has 2 amide bonds. The molecule has 0 saturated carbocycles. The van der Waals surface area contributed by atoms with Gasteiger partial charge in [0.25, 0.3) is 0 Å². The van der Waals surface area contributed by atoms with Crippen LogP contribution in [0.25, 0.3) is 0 Å². The van der Waals surface area contributed by atoms with Gasteiger partial charge in [0.2, 0.25) is 11.8 Å². The van der Waals surface area contributed by atoms with Crippen LogP contribution in [-0.2, 0) is 14.3 Å². The Labute approximate surface area is 113 Å². The second-order valence-corrected chi connectivity index (χ2v) is 5.66. The van der Waals surface area contributed by atoms with Crippen LogP contribution in [0.15, 0.2) is 0 Å². The van der Waals surface area contributed by atoms with Crippen LogP contribution < -0.4 is 10.6 Å². The van der Waals surface area contributed by atoms with Gasteiger partial charge in [0.05, 0.1) is 5.60 Å². The maximum atomic E-state index is 12.0. The summed E-state index contributed by atoms with van der Waals surface area (Å²) < 4.78 is 5.53. The lowest BCUT2D eigenvalue weighted by atomic mass is 10.0. The molecule has 0 spiro atoms. The van der Waals surface area contributed by atoms with Gasteiger partial charge in [-0.25, -0.2) is 0 Å². The standard InChI is InChI=1S/C13H23N3O3/c1-10(12(18)16-5-3-4-6-16)15-11(17)7-19-13(2)8-14-9-13/h10,14H,3-9H2,1-2H3,(H,15,17). The molecular weight excluding hydrogens is 246 g/mol. The fourth-order valence-electron chi connectivity index (χ4n) is 2.38. The highest BCUT2D eigenvalue weighted by Gasteiger charge is 2.33. The summed E-state index contributed by atoms with van der Waals surface area (Å²) in [5.41, 5.74) is -0.237. The first-order valence-electron chi connectivity index (χ1n) is 6.93. The quantitative estimate of drug-likeness (QED) is 0.705. The fraction of sp³-hybridized carbons (Fsp3) is 0.846. The number of ether oxygens (including phenoxy) is 1. The first-order valence-corrected chi connectivity index (χ1v) is 6.93. The Morgan fingerprint density at radius 2 is 2.00 bits per heavy atom. The highest BCUT2D eigenvalue weighted by molar-refractivity contribution is 5.87. The molecule has 2 saturated heterocycles. The Hall–Kier alpha value is -1.14. The first kappa shape index (κ1) is 14.3. The van der Waals surface area contributed by atoms with Crippen LogP contribution in [0.2, 0.25) is 0 Å². The van der Waals surface area contributed by atoms with Gasteiger partial charge in [-0.1, -0.05) is 0 Å². The van der Waals surface area contributed by atoms with Gasteiger partial charge in [-0.05, 0) is 26.7 Å². The van der Waals surface area contributed by atoms with Crippen LogP contribution in [0.5, 0.6) is 0 Å². The summed E-state index contributed by atoms with van der Waals surface area (Å²) >= 11 is 0. The van der Waals surface area contributed by atoms with Gasteiger partial charge >= 0.3 is 0 Å². The zero-order valence-corrected chi connectivity index (χ0v) is 11.7. The molecule has 0 bridgehead atoms. The predicted octanol–water partition coefficient (Wildman–Crippen LogP) is -0.508. The van der Waals surface area contributed by atoms with Gasteiger partial charge in [0.15, 0.2) is 0 Å². The fourth-order valence-corrected chi connectivity index (χ4v) is 2.38. The third-order valence-electron chi connectivity index (χ3n) is 3.72. The average molecular weight is 269 g/mol. The molecule has 2 aliphatic rings. The molecule has 0 aromatic rings. The molecule has 0 aromatic carbocycles. The maximum Gasteiger partial charge on any atom is 0.246 e. The van der Waals surface area contributed by atoms with E-state index in [4.69, 9.17) is 4.74 Å². The van der Waals surface area contributed by atoms with E-state index in [0.717, 1.165) is 39.0 Å². The molecule has 6 nitrogen and oxygen atoms in total. The van der Waals surface area contributed by atoms with Crippen LogP contribution in [0.1, 0.15) is 26.7 Å². The van der Waals surface area contributed by atoms with Gasteiger partial charge in [-0.2, -0.15) is 0 Å². The Bertz CT molecular complexity index is 349. The van der Waals surface area contributed by atoms with Crippen molar-refractivity contribution in [2.45, 2.75) is 38.3 Å². The van der Waals surface area contributed by atoms with Crippen molar-refractivity contribution in [3.8, 4) is 0 Å². The zero-order valence-electron chi connectivity index (χ0n) is 11.7. The lowest BCUT2D eigenvalue weighted by Gasteiger charge is -2.38. The van der Waals surface area contributed by atoms with Gasteiger partial charge < -0.3 is 20.3 Å². The maximum absolute atomic E-state index is 12.0. The van der Waals surface area contributed by atoms with Crippen molar-refractivity contribution in [1.82, 2.24) is 15.5 Å². The van der Waals surface area contributed by atoms with Crippen LogP contribution in [-0.4, -0.2) is 61.1 Å². The molecule has 1 atom stereocenters. The highest BCUT2D eigenvalue weighted by Crippen LogP contribution is 2.14. The SMILES string of the molecule is CC(NC(=O)COC1(C)CNC1)C(=O)N1CCCC1. The molecular formula is C13H23N3O3. The third-order valence-corrected chi connectivity index (χ3v) is 3.72. The monoisotopic (exact) mass is 269 g/mol. The van der Waals surface area contributed by atoms with Gasteiger partial charge in [-0.15, -0.1) is 0 Å². The molecule has 2 heterocycles. The van der Waals surface area contributed by atoms with Crippen molar-refractivity contribution < 1.29 is 14.3 Å². The minimum atomic E-state index is -0.471. The number of nitrogens with one attached hydrogen (secondary N) is 2. The van der Waals surface area contributed by atoms with Gasteiger partial charge in [0.1, 0.15) is 12.6 Å². The summed E-state index contributed by atoms with van der Waals surface area (Å²) in [4.78, 5) is 25.6. The van der Waals surface area contributed by atoms with Crippen molar-refractivity contribution in [2.75, 3.05) is 32.8 Å². The molecule has 2 aliphatic heterocycles. The number of hydrogen-bond donors (Lipinski definition) is 2. The average Bonchev–Trinajstić information content (AvgIpc) is 2.86. The second-order valence-electron chi connectivity index (χ2n) is 5.66. The minimum Gasteiger partial charge on any atom is -0.363 e. The Morgan fingerprint density at radius 1 is 1.37 bits per heavy atom. The van der Waals surface area contributed by atoms with Crippen molar-refractivity contribution in [3.05, 3.63) is 0 Å². The third kappa shape index (κ3) is 3.67. The minimum absolute atomic E-state index is 0.00220. The van der Waals surface area contributed by atoms with Crippen LogP contribution in [0.4, 0.5) is 0 Å². The van der Waals surface area contributed by atoms with Gasteiger partial charge in [0, 0.05) is 26.2 Å². The number of nitrogens with zero attached hydrogens (tertiary/aromatic N) is 1. The van der Waals surface area contributed by atoms with E-state index < -0.39 is 6.04 Å². The summed E-state index contributed by atoms with van der Waals surface area (Å²) in [5.74, 6) is -0.226. The second kappa shape index (κ2) is 5.88. The lowest BCUT2D eigenvalue weighted by Crippen LogP contribution is -2.60. The van der Waals surface area contributed by atoms with Crippen LogP contribution >= 0.6 is 0 Å². The number of carbonyl (C=O) groups is 2. The summed E-state index contributed by atoms with van der Waals surface area (Å²) in [6.45, 7) is 6.85. The number of rotatable bonds is 5. The predicted molar refractivity (Wildman–Crippen MR) is 70.6 cm³/mol. The number of amides is 2. The van der Waals surface area contributed by atoms with Crippen molar-refractivity contribution >= 4 is 11.8 Å². The number of likely N-dealkylation sites (tertiary alicyclic amines) is 1. The van der Waals surface area contributed by atoms with Gasteiger partial charge in [-0.3, -0.25) is 9.59 Å². The van der Waals surface area contributed by atoms with Crippen LogP contribution in [0, 0.1) is 0 Å². The normalized spacial score (nSPS) is 22.7. The summed E-state index contributed by atoms with van der Waals surface area (Å²) in [5, 5.41) is 5.81. The molecule has 2 rings (SSSR count). The van der Waals surface area contributed by atoms with E-state index in [1.165, 1.54) is 0 Å². The molecule has 0 aliphatic carbocycles. The summed E-state index contributed by atoms with van der Waals surface area (Å²) in [6.07, 6.45) is 2.11. The molecule has 1 unspecified atom stereocenters. The highest BCUT2D eigenvalue weighted by atomic mass is 16.5. The summed E-state index contributed by atoms with van der Waals surface area (Å²) in [6, 6.07) is -0.471. The van der Waals surface area contributed by atoms with E-state index in [2.05, 4.69) is 10.6 Å². The Morgan fingerprint density at radius 3 is 2.53 bits per heavy atom. The molecule has 0 radical (unpaired) electrons. The molecule has 0 aromatic heterocycles. The largest absolute Gasteiger partial charge is 0.363 e. The van der Waals surface area contributed by atoms with Crippen molar-refractivity contribution in [1.29, 1.82) is 0 Å². The number of hydrogen-bond acceptors (Lipinski definition) is 4. The van der Waals surface area contributed by atoms with E-state index in [1.54, 1.807) is 6.92 Å².